The number of aryl methyl sites for hydroxylation is 1. The van der Waals surface area contributed by atoms with Crippen LogP contribution in [0.25, 0.3) is 0 Å². The first kappa shape index (κ1) is 25.0. The number of amides is 4. The van der Waals surface area contributed by atoms with Crippen molar-refractivity contribution in [2.75, 3.05) is 16.8 Å². The van der Waals surface area contributed by atoms with Gasteiger partial charge in [0.1, 0.15) is 18.4 Å². The average molecular weight is 524 g/mol. The van der Waals surface area contributed by atoms with Crippen LogP contribution in [0.1, 0.15) is 30.0 Å². The fraction of sp³-hybridized carbons (Fsp3) is 0.290. The molecule has 3 aromatic rings. The third-order valence-corrected chi connectivity index (χ3v) is 8.40. The summed E-state index contributed by atoms with van der Waals surface area (Å²) >= 11 is 0. The number of para-hydroxylation sites is 1. The number of fused-ring (bicyclic) bond motifs is 4. The number of anilines is 2. The molecular formula is C31H31N4O4+. The highest BCUT2D eigenvalue weighted by Gasteiger charge is 2.75. The number of nitrogens with one attached hydrogen (secondary N) is 1. The largest absolute Gasteiger partial charge is 0.326 e. The number of hydrogen-bond donors (Lipinski definition) is 2. The molecule has 0 aliphatic carbocycles. The van der Waals surface area contributed by atoms with E-state index in [2.05, 4.69) is 5.32 Å². The van der Waals surface area contributed by atoms with Crippen molar-refractivity contribution in [1.82, 2.24) is 4.90 Å². The molecule has 3 heterocycles. The van der Waals surface area contributed by atoms with Crippen molar-refractivity contribution >= 4 is 35.0 Å². The molecule has 6 rings (SSSR count). The van der Waals surface area contributed by atoms with Crippen LogP contribution >= 0.6 is 0 Å². The summed E-state index contributed by atoms with van der Waals surface area (Å²) in [6.07, 6.45) is 0.629. The molecule has 39 heavy (non-hydrogen) atoms. The van der Waals surface area contributed by atoms with Crippen molar-refractivity contribution in [3.63, 3.8) is 0 Å². The summed E-state index contributed by atoms with van der Waals surface area (Å²) in [4.78, 5) is 58.0. The van der Waals surface area contributed by atoms with Gasteiger partial charge in [0.2, 0.25) is 23.3 Å². The zero-order valence-electron chi connectivity index (χ0n) is 22.0. The summed E-state index contributed by atoms with van der Waals surface area (Å²) in [5.74, 6) is -2.65. The van der Waals surface area contributed by atoms with Gasteiger partial charge in [-0.15, -0.1) is 0 Å². The van der Waals surface area contributed by atoms with Crippen molar-refractivity contribution in [2.24, 2.45) is 11.8 Å². The van der Waals surface area contributed by atoms with E-state index in [1.807, 2.05) is 98.0 Å². The molecule has 4 atom stereocenters. The number of imide groups is 1. The lowest BCUT2D eigenvalue weighted by atomic mass is 9.76. The molecule has 4 amide bonds. The quantitative estimate of drug-likeness (QED) is 0.484. The molecule has 198 valence electrons. The second-order valence-electron chi connectivity index (χ2n) is 10.7. The standard InChI is InChI=1S/C31H30N4O4/c1-3-23-26-27(29(38)35(28(26)37)17-20-9-5-4-6-10-20)31(33-23)22-11-7-8-12-24(22)34(30(31)39)18-25(36)32-21-15-13-19(2)14-16-21/h4-16,23,26-27,33H,3,17-18H2,1-2H3,(H,32,36)/p+1/t23-,26-,27+,31+/m0/s1. The number of nitrogens with two attached hydrogens (primary N) is 1. The number of likely N-dealkylation sites (tertiary alicyclic amines) is 1. The predicted octanol–water partition coefficient (Wildman–Crippen LogP) is 2.33. The van der Waals surface area contributed by atoms with E-state index in [-0.39, 0.29) is 42.8 Å². The predicted molar refractivity (Wildman–Crippen MR) is 145 cm³/mol. The zero-order chi connectivity index (χ0) is 27.3. The van der Waals surface area contributed by atoms with Gasteiger partial charge < -0.3 is 10.6 Å². The van der Waals surface area contributed by atoms with Crippen molar-refractivity contribution in [3.8, 4) is 0 Å². The second-order valence-corrected chi connectivity index (χ2v) is 10.7. The Kier molecular flexibility index (Phi) is 6.07. The number of carbonyl (C=O) groups is 4. The van der Waals surface area contributed by atoms with Gasteiger partial charge in [0.15, 0.2) is 0 Å². The second kappa shape index (κ2) is 9.47. The molecule has 8 nitrogen and oxygen atoms in total. The van der Waals surface area contributed by atoms with Crippen molar-refractivity contribution < 1.29 is 24.5 Å². The Morgan fingerprint density at radius 1 is 0.897 bits per heavy atom. The lowest BCUT2D eigenvalue weighted by Crippen LogP contribution is -2.99. The summed E-state index contributed by atoms with van der Waals surface area (Å²) in [6.45, 7) is 3.93. The number of hydrogen-bond acceptors (Lipinski definition) is 4. The van der Waals surface area contributed by atoms with E-state index in [1.54, 1.807) is 0 Å². The van der Waals surface area contributed by atoms with Gasteiger partial charge in [-0.3, -0.25) is 29.0 Å². The van der Waals surface area contributed by atoms with Gasteiger partial charge in [-0.05, 0) is 37.1 Å². The summed E-state index contributed by atoms with van der Waals surface area (Å²) in [5, 5.41) is 4.80. The number of quaternary nitrogens is 1. The van der Waals surface area contributed by atoms with E-state index in [0.717, 1.165) is 11.1 Å². The molecule has 2 fully saturated rings. The third kappa shape index (κ3) is 3.86. The lowest BCUT2D eigenvalue weighted by Gasteiger charge is -2.27. The SMILES string of the molecule is CC[C@@H]1[NH2+][C@@]2(C(=O)N(CC(=O)Nc3ccc(C)cc3)c3ccccc32)[C@H]2C(=O)N(Cc3ccccc3)C(=O)[C@@H]12. The highest BCUT2D eigenvalue weighted by Crippen LogP contribution is 2.51. The molecule has 3 aromatic carbocycles. The van der Waals surface area contributed by atoms with E-state index in [1.165, 1.54) is 9.80 Å². The summed E-state index contributed by atoms with van der Waals surface area (Å²) in [5.41, 5.74) is 2.59. The Bertz CT molecular complexity index is 1470. The first-order valence-electron chi connectivity index (χ1n) is 13.4. The molecular weight excluding hydrogens is 492 g/mol. The van der Waals surface area contributed by atoms with Crippen LogP contribution in [0.3, 0.4) is 0 Å². The smallest absolute Gasteiger partial charge is 0.294 e. The van der Waals surface area contributed by atoms with Crippen molar-refractivity contribution in [3.05, 3.63) is 95.6 Å². The summed E-state index contributed by atoms with van der Waals surface area (Å²) in [6, 6.07) is 24.0. The molecule has 0 unspecified atom stereocenters. The maximum atomic E-state index is 14.4. The minimum Gasteiger partial charge on any atom is -0.326 e. The Morgan fingerprint density at radius 2 is 1.59 bits per heavy atom. The van der Waals surface area contributed by atoms with Crippen molar-refractivity contribution in [1.29, 1.82) is 0 Å². The Labute approximate surface area is 227 Å². The van der Waals surface area contributed by atoms with E-state index in [4.69, 9.17) is 0 Å². The minimum atomic E-state index is -1.29. The van der Waals surface area contributed by atoms with Crippen LogP contribution in [0, 0.1) is 18.8 Å². The fourth-order valence-electron chi connectivity index (χ4n) is 6.61. The van der Waals surface area contributed by atoms with Gasteiger partial charge in [-0.1, -0.05) is 73.2 Å². The maximum Gasteiger partial charge on any atom is 0.294 e. The Balaban J connectivity index is 1.35. The minimum absolute atomic E-state index is 0.177. The number of carbonyl (C=O) groups excluding carboxylic acids is 4. The van der Waals surface area contributed by atoms with Crippen LogP contribution in [0.4, 0.5) is 11.4 Å². The van der Waals surface area contributed by atoms with Crippen LogP contribution < -0.4 is 15.5 Å². The lowest BCUT2D eigenvalue weighted by molar-refractivity contribution is -0.733. The van der Waals surface area contributed by atoms with Crippen LogP contribution in [0.2, 0.25) is 0 Å². The summed E-state index contributed by atoms with van der Waals surface area (Å²) in [7, 11) is 0. The van der Waals surface area contributed by atoms with E-state index >= 15 is 0 Å². The monoisotopic (exact) mass is 523 g/mol. The number of nitrogens with zero attached hydrogens (tertiary/aromatic N) is 2. The van der Waals surface area contributed by atoms with Gasteiger partial charge in [-0.2, -0.15) is 0 Å². The number of benzene rings is 3. The first-order chi connectivity index (χ1) is 18.8. The highest BCUT2D eigenvalue weighted by atomic mass is 16.2. The highest BCUT2D eigenvalue weighted by molar-refractivity contribution is 6.16. The molecule has 3 N–H and O–H groups in total. The Hall–Kier alpha value is -4.30. The van der Waals surface area contributed by atoms with Gasteiger partial charge in [0.05, 0.1) is 18.3 Å². The molecule has 2 saturated heterocycles. The van der Waals surface area contributed by atoms with Crippen molar-refractivity contribution in [2.45, 2.75) is 38.4 Å². The molecule has 8 heteroatoms. The third-order valence-electron chi connectivity index (χ3n) is 8.40. The van der Waals surface area contributed by atoms with Crippen LogP contribution in [-0.2, 0) is 31.3 Å². The summed E-state index contributed by atoms with van der Waals surface area (Å²) < 4.78 is 0. The maximum absolute atomic E-state index is 14.4. The molecule has 0 saturated carbocycles. The van der Waals surface area contributed by atoms with E-state index in [9.17, 15) is 19.2 Å². The Morgan fingerprint density at radius 3 is 2.31 bits per heavy atom. The zero-order valence-corrected chi connectivity index (χ0v) is 22.0. The molecule has 0 bridgehead atoms. The van der Waals surface area contributed by atoms with Gasteiger partial charge in [0, 0.05) is 11.3 Å². The fourth-order valence-corrected chi connectivity index (χ4v) is 6.61. The van der Waals surface area contributed by atoms with Gasteiger partial charge >= 0.3 is 0 Å². The topological polar surface area (TPSA) is 103 Å². The van der Waals surface area contributed by atoms with Crippen LogP contribution in [0.15, 0.2) is 78.9 Å². The van der Waals surface area contributed by atoms with Crippen LogP contribution in [-0.4, -0.2) is 41.1 Å². The van der Waals surface area contributed by atoms with Crippen LogP contribution in [0.5, 0.6) is 0 Å². The molecule has 0 radical (unpaired) electrons. The molecule has 3 aliphatic heterocycles. The van der Waals surface area contributed by atoms with E-state index in [0.29, 0.717) is 23.4 Å². The van der Waals surface area contributed by atoms with E-state index < -0.39 is 17.4 Å². The molecule has 1 spiro atoms. The average Bonchev–Trinajstić information content (AvgIpc) is 3.51. The molecule has 3 aliphatic rings. The van der Waals surface area contributed by atoms with Gasteiger partial charge in [-0.25, -0.2) is 0 Å². The number of rotatable bonds is 6. The van der Waals surface area contributed by atoms with Gasteiger partial charge in [0.25, 0.3) is 5.91 Å². The normalized spacial score (nSPS) is 25.4. The first-order valence-corrected chi connectivity index (χ1v) is 13.4. The molecule has 0 aromatic heterocycles.